The van der Waals surface area contributed by atoms with Crippen molar-refractivity contribution in [3.63, 3.8) is 0 Å². The summed E-state index contributed by atoms with van der Waals surface area (Å²) in [6.07, 6.45) is 0. The molecule has 0 heterocycles. The molecule has 0 radical (unpaired) electrons. The van der Waals surface area contributed by atoms with Crippen molar-refractivity contribution in [2.24, 2.45) is 5.92 Å². The lowest BCUT2D eigenvalue weighted by Crippen LogP contribution is -2.14. The van der Waals surface area contributed by atoms with E-state index in [2.05, 4.69) is 4.74 Å². The summed E-state index contributed by atoms with van der Waals surface area (Å²) in [5, 5.41) is 0.129. The van der Waals surface area contributed by atoms with Gasteiger partial charge in [0.25, 0.3) is 0 Å². The number of rotatable bonds is 5. The number of carbonyl (C=O) groups is 1. The molecule has 2 nitrogen and oxygen atoms in total. The zero-order valence-corrected chi connectivity index (χ0v) is 11.3. The van der Waals surface area contributed by atoms with Gasteiger partial charge in [-0.25, -0.2) is 4.39 Å². The number of hydrogen-bond donors (Lipinski definition) is 0. The third-order valence-corrected chi connectivity index (χ3v) is 3.80. The van der Waals surface area contributed by atoms with Crippen molar-refractivity contribution < 1.29 is 13.9 Å². The Hall–Kier alpha value is -0.740. The van der Waals surface area contributed by atoms with Crippen LogP contribution >= 0.6 is 23.4 Å². The summed E-state index contributed by atoms with van der Waals surface area (Å²) < 4.78 is 18.1. The standard InChI is InChI=1S/C12H14ClFO2S/c1-8(12(15)16-2)6-17-7-9-4-3-5-10(13)11(9)14/h3-5,8H,6-7H2,1-2H3. The first-order chi connectivity index (χ1) is 8.06. The van der Waals surface area contributed by atoms with Crippen molar-refractivity contribution in [2.75, 3.05) is 12.9 Å². The lowest BCUT2D eigenvalue weighted by Gasteiger charge is -2.09. The first kappa shape index (κ1) is 14.3. The van der Waals surface area contributed by atoms with Gasteiger partial charge in [-0.2, -0.15) is 11.8 Å². The average molecular weight is 277 g/mol. The Kier molecular flexibility index (Phi) is 5.78. The lowest BCUT2D eigenvalue weighted by atomic mass is 10.2. The van der Waals surface area contributed by atoms with Crippen LogP contribution in [-0.2, 0) is 15.3 Å². The smallest absolute Gasteiger partial charge is 0.309 e. The highest BCUT2D eigenvalue weighted by Gasteiger charge is 2.13. The molecule has 0 N–H and O–H groups in total. The van der Waals surface area contributed by atoms with Gasteiger partial charge in [0, 0.05) is 11.5 Å². The maximum absolute atomic E-state index is 13.5. The predicted octanol–water partition coefficient (Wildman–Crippen LogP) is 3.52. The molecule has 0 aliphatic carbocycles. The van der Waals surface area contributed by atoms with Crippen LogP contribution in [0.1, 0.15) is 12.5 Å². The minimum absolute atomic E-state index is 0.129. The fourth-order valence-corrected chi connectivity index (χ4v) is 2.52. The number of ether oxygens (including phenoxy) is 1. The molecule has 0 aliphatic heterocycles. The number of hydrogen-bond acceptors (Lipinski definition) is 3. The van der Waals surface area contributed by atoms with E-state index in [4.69, 9.17) is 11.6 Å². The Morgan fingerprint density at radius 3 is 2.94 bits per heavy atom. The SMILES string of the molecule is COC(=O)C(C)CSCc1cccc(Cl)c1F. The second kappa shape index (κ2) is 6.87. The molecular weight excluding hydrogens is 263 g/mol. The molecule has 0 spiro atoms. The number of esters is 1. The average Bonchev–Trinajstić information content (AvgIpc) is 2.33. The van der Waals surface area contributed by atoms with Crippen molar-refractivity contribution in [1.82, 2.24) is 0 Å². The zero-order chi connectivity index (χ0) is 12.8. The summed E-state index contributed by atoms with van der Waals surface area (Å²) in [5.41, 5.74) is 0.555. The van der Waals surface area contributed by atoms with Gasteiger partial charge in [-0.3, -0.25) is 4.79 Å². The number of benzene rings is 1. The Bertz CT molecular complexity index is 398. The first-order valence-corrected chi connectivity index (χ1v) is 6.68. The molecule has 94 valence electrons. The van der Waals surface area contributed by atoms with Crippen molar-refractivity contribution in [3.8, 4) is 0 Å². The topological polar surface area (TPSA) is 26.3 Å². The highest BCUT2D eigenvalue weighted by atomic mass is 35.5. The molecule has 0 bridgehead atoms. The maximum Gasteiger partial charge on any atom is 0.309 e. The van der Waals surface area contributed by atoms with Crippen LogP contribution in [0.3, 0.4) is 0 Å². The van der Waals surface area contributed by atoms with Crippen LogP contribution in [0.15, 0.2) is 18.2 Å². The Morgan fingerprint density at radius 2 is 2.29 bits per heavy atom. The van der Waals surface area contributed by atoms with Crippen LogP contribution in [-0.4, -0.2) is 18.8 Å². The number of carbonyl (C=O) groups excluding carboxylic acids is 1. The maximum atomic E-state index is 13.5. The third kappa shape index (κ3) is 4.21. The van der Waals surface area contributed by atoms with Crippen LogP contribution in [0.2, 0.25) is 5.02 Å². The molecule has 5 heteroatoms. The second-order valence-electron chi connectivity index (χ2n) is 3.65. The van der Waals surface area contributed by atoms with Crippen LogP contribution in [0, 0.1) is 11.7 Å². The normalized spacial score (nSPS) is 12.2. The van der Waals surface area contributed by atoms with Gasteiger partial charge in [-0.05, 0) is 11.6 Å². The molecule has 0 fully saturated rings. The highest BCUT2D eigenvalue weighted by Crippen LogP contribution is 2.23. The van der Waals surface area contributed by atoms with Crippen molar-refractivity contribution in [3.05, 3.63) is 34.6 Å². The summed E-state index contributed by atoms with van der Waals surface area (Å²) in [5.74, 6) is 0.274. The van der Waals surface area contributed by atoms with Crippen LogP contribution in [0.4, 0.5) is 4.39 Å². The Labute approximate surface area is 109 Å². The van der Waals surface area contributed by atoms with E-state index in [0.717, 1.165) is 0 Å². The second-order valence-corrected chi connectivity index (χ2v) is 5.09. The molecular formula is C12H14ClFO2S. The molecule has 1 unspecified atom stereocenters. The van der Waals surface area contributed by atoms with Crippen molar-refractivity contribution in [1.29, 1.82) is 0 Å². The molecule has 1 aromatic carbocycles. The number of halogens is 2. The van der Waals surface area contributed by atoms with E-state index in [-0.39, 0.29) is 22.7 Å². The Balaban J connectivity index is 2.46. The highest BCUT2D eigenvalue weighted by molar-refractivity contribution is 7.98. The van der Waals surface area contributed by atoms with Gasteiger partial charge in [-0.15, -0.1) is 0 Å². The summed E-state index contributed by atoms with van der Waals surface area (Å²) in [4.78, 5) is 11.1. The van der Waals surface area contributed by atoms with E-state index in [1.807, 2.05) is 0 Å². The van der Waals surface area contributed by atoms with Gasteiger partial charge >= 0.3 is 5.97 Å². The van der Waals surface area contributed by atoms with Crippen molar-refractivity contribution in [2.45, 2.75) is 12.7 Å². The zero-order valence-electron chi connectivity index (χ0n) is 9.70. The molecule has 0 amide bonds. The van der Waals surface area contributed by atoms with Crippen LogP contribution in [0.5, 0.6) is 0 Å². The van der Waals surface area contributed by atoms with E-state index in [1.54, 1.807) is 19.1 Å². The minimum atomic E-state index is -0.382. The molecule has 1 aromatic rings. The van der Waals surface area contributed by atoms with E-state index in [1.165, 1.54) is 24.9 Å². The number of methoxy groups -OCH3 is 1. The summed E-state index contributed by atoms with van der Waals surface area (Å²) >= 11 is 7.15. The van der Waals surface area contributed by atoms with E-state index < -0.39 is 0 Å². The quantitative estimate of drug-likeness (QED) is 0.770. The van der Waals surface area contributed by atoms with Crippen LogP contribution < -0.4 is 0 Å². The molecule has 0 saturated heterocycles. The first-order valence-electron chi connectivity index (χ1n) is 5.14. The van der Waals surface area contributed by atoms with Gasteiger partial charge in [0.15, 0.2) is 0 Å². The van der Waals surface area contributed by atoms with E-state index in [9.17, 15) is 9.18 Å². The Morgan fingerprint density at radius 1 is 1.59 bits per heavy atom. The molecule has 1 atom stereocenters. The number of thioether (sulfide) groups is 1. The largest absolute Gasteiger partial charge is 0.469 e. The van der Waals surface area contributed by atoms with Gasteiger partial charge in [0.1, 0.15) is 5.82 Å². The fourth-order valence-electron chi connectivity index (χ4n) is 1.27. The van der Waals surface area contributed by atoms with Crippen LogP contribution in [0.25, 0.3) is 0 Å². The summed E-state index contributed by atoms with van der Waals surface area (Å²) in [6.45, 7) is 1.78. The monoisotopic (exact) mass is 276 g/mol. The minimum Gasteiger partial charge on any atom is -0.469 e. The fraction of sp³-hybridized carbons (Fsp3) is 0.417. The third-order valence-electron chi connectivity index (χ3n) is 2.26. The summed E-state index contributed by atoms with van der Waals surface area (Å²) in [6, 6.07) is 4.92. The molecule has 0 aromatic heterocycles. The van der Waals surface area contributed by atoms with E-state index in [0.29, 0.717) is 17.1 Å². The van der Waals surface area contributed by atoms with Gasteiger partial charge in [0.05, 0.1) is 18.1 Å². The lowest BCUT2D eigenvalue weighted by molar-refractivity contribution is -0.143. The molecule has 0 saturated carbocycles. The predicted molar refractivity (Wildman–Crippen MR) is 68.8 cm³/mol. The van der Waals surface area contributed by atoms with Crippen molar-refractivity contribution >= 4 is 29.3 Å². The van der Waals surface area contributed by atoms with E-state index >= 15 is 0 Å². The molecule has 0 aliphatic rings. The molecule has 1 rings (SSSR count). The van der Waals surface area contributed by atoms with Gasteiger partial charge < -0.3 is 4.74 Å². The van der Waals surface area contributed by atoms with Gasteiger partial charge in [-0.1, -0.05) is 30.7 Å². The molecule has 17 heavy (non-hydrogen) atoms. The summed E-state index contributed by atoms with van der Waals surface area (Å²) in [7, 11) is 1.36. The van der Waals surface area contributed by atoms with Gasteiger partial charge in [0.2, 0.25) is 0 Å².